The number of hydrogen-bond donors (Lipinski definition) is 2. The van der Waals surface area contributed by atoms with E-state index in [0.717, 1.165) is 25.9 Å². The van der Waals surface area contributed by atoms with Crippen molar-refractivity contribution < 1.29 is 9.53 Å². The maximum atomic E-state index is 11.8. The van der Waals surface area contributed by atoms with E-state index in [4.69, 9.17) is 10.5 Å². The Kier molecular flexibility index (Phi) is 6.28. The molecule has 1 rings (SSSR count). The van der Waals surface area contributed by atoms with Crippen LogP contribution in [0.4, 0.5) is 5.69 Å². The van der Waals surface area contributed by atoms with Gasteiger partial charge in [0.25, 0.3) is 5.91 Å². The van der Waals surface area contributed by atoms with Crippen molar-refractivity contribution in [1.29, 1.82) is 0 Å². The molecule has 1 aromatic rings. The third kappa shape index (κ3) is 4.79. The third-order valence-electron chi connectivity index (χ3n) is 2.65. The number of anilines is 1. The summed E-state index contributed by atoms with van der Waals surface area (Å²) in [7, 11) is 1.80. The van der Waals surface area contributed by atoms with Gasteiger partial charge in [0.2, 0.25) is 0 Å². The number of nitrogens with two attached hydrogens (primary N) is 1. The smallest absolute Gasteiger partial charge is 0.267 e. The Bertz CT molecular complexity index is 374. The molecule has 0 fully saturated rings. The summed E-state index contributed by atoms with van der Waals surface area (Å²) in [6.07, 6.45) is 4.79. The van der Waals surface area contributed by atoms with E-state index in [2.05, 4.69) is 12.2 Å². The van der Waals surface area contributed by atoms with Crippen molar-refractivity contribution in [1.82, 2.24) is 9.88 Å². The fraction of sp³-hybridized carbons (Fsp3) is 0.615. The second-order valence-corrected chi connectivity index (χ2v) is 4.34. The lowest BCUT2D eigenvalue weighted by molar-refractivity contribution is 0.0932. The number of carbonyl (C=O) groups is 1. The molecule has 0 atom stereocenters. The highest BCUT2D eigenvalue weighted by atomic mass is 16.5. The molecular formula is C13H23N3O2. The lowest BCUT2D eigenvalue weighted by atomic mass is 10.3. The predicted molar refractivity (Wildman–Crippen MR) is 72.5 cm³/mol. The van der Waals surface area contributed by atoms with Crippen LogP contribution >= 0.6 is 0 Å². The van der Waals surface area contributed by atoms with Crippen molar-refractivity contribution in [2.45, 2.75) is 26.2 Å². The van der Waals surface area contributed by atoms with E-state index in [1.807, 2.05) is 0 Å². The Labute approximate surface area is 108 Å². The molecule has 1 aromatic heterocycles. The molecule has 0 radical (unpaired) electrons. The average Bonchev–Trinajstić information content (AvgIpc) is 2.67. The number of ether oxygens (including phenoxy) is 1. The zero-order valence-corrected chi connectivity index (χ0v) is 11.2. The van der Waals surface area contributed by atoms with Gasteiger partial charge >= 0.3 is 0 Å². The monoisotopic (exact) mass is 253 g/mol. The first-order valence-electron chi connectivity index (χ1n) is 6.43. The normalized spacial score (nSPS) is 10.6. The number of aromatic nitrogens is 1. The molecule has 0 spiro atoms. The second kappa shape index (κ2) is 7.76. The Morgan fingerprint density at radius 1 is 1.44 bits per heavy atom. The molecule has 0 aliphatic rings. The van der Waals surface area contributed by atoms with Crippen LogP contribution in [0.2, 0.25) is 0 Å². The van der Waals surface area contributed by atoms with Crippen LogP contribution in [0, 0.1) is 0 Å². The SMILES string of the molecule is CCCCOCCCNC(=O)c1cc(N)cn1C. The first-order valence-corrected chi connectivity index (χ1v) is 6.43. The van der Waals surface area contributed by atoms with Gasteiger partial charge in [0, 0.05) is 33.0 Å². The number of amides is 1. The quantitative estimate of drug-likeness (QED) is 0.690. The van der Waals surface area contributed by atoms with Crippen LogP contribution in [0.15, 0.2) is 12.3 Å². The van der Waals surface area contributed by atoms with Crippen molar-refractivity contribution in [2.75, 3.05) is 25.5 Å². The zero-order valence-electron chi connectivity index (χ0n) is 11.2. The molecule has 0 aliphatic heterocycles. The number of nitrogen functional groups attached to an aromatic ring is 1. The first-order chi connectivity index (χ1) is 8.65. The summed E-state index contributed by atoms with van der Waals surface area (Å²) in [5, 5.41) is 2.85. The minimum absolute atomic E-state index is 0.0947. The van der Waals surface area contributed by atoms with Crippen LogP contribution in [0.5, 0.6) is 0 Å². The minimum Gasteiger partial charge on any atom is -0.397 e. The number of nitrogens with zero attached hydrogens (tertiary/aromatic N) is 1. The van der Waals surface area contributed by atoms with Gasteiger partial charge in [0.05, 0.1) is 5.69 Å². The Hall–Kier alpha value is -1.49. The van der Waals surface area contributed by atoms with Crippen LogP contribution in [0.1, 0.15) is 36.7 Å². The fourth-order valence-corrected chi connectivity index (χ4v) is 1.63. The van der Waals surface area contributed by atoms with E-state index in [1.54, 1.807) is 23.9 Å². The number of nitrogens with one attached hydrogen (secondary N) is 1. The number of hydrogen-bond acceptors (Lipinski definition) is 3. The lowest BCUT2D eigenvalue weighted by Gasteiger charge is -2.06. The van der Waals surface area contributed by atoms with Gasteiger partial charge in [-0.25, -0.2) is 0 Å². The van der Waals surface area contributed by atoms with Crippen molar-refractivity contribution in [2.24, 2.45) is 7.05 Å². The van der Waals surface area contributed by atoms with Gasteiger partial charge in [-0.15, -0.1) is 0 Å². The fourth-order valence-electron chi connectivity index (χ4n) is 1.63. The molecular weight excluding hydrogens is 230 g/mol. The molecule has 5 heteroatoms. The summed E-state index contributed by atoms with van der Waals surface area (Å²) in [5.74, 6) is -0.0947. The second-order valence-electron chi connectivity index (χ2n) is 4.34. The highest BCUT2D eigenvalue weighted by molar-refractivity contribution is 5.93. The maximum absolute atomic E-state index is 11.8. The van der Waals surface area contributed by atoms with E-state index < -0.39 is 0 Å². The standard InChI is InChI=1S/C13H23N3O2/c1-3-4-7-18-8-5-6-15-13(17)12-9-11(14)10-16(12)2/h9-10H,3-8,14H2,1-2H3,(H,15,17). The molecule has 0 bridgehead atoms. The number of aryl methyl sites for hydroxylation is 1. The molecule has 3 N–H and O–H groups in total. The van der Waals surface area contributed by atoms with E-state index >= 15 is 0 Å². The average molecular weight is 253 g/mol. The molecule has 1 amide bonds. The number of unbranched alkanes of at least 4 members (excludes halogenated alkanes) is 1. The summed E-state index contributed by atoms with van der Waals surface area (Å²) in [6.45, 7) is 4.25. The summed E-state index contributed by atoms with van der Waals surface area (Å²) < 4.78 is 7.14. The van der Waals surface area contributed by atoms with Gasteiger partial charge in [0.1, 0.15) is 5.69 Å². The molecule has 0 aliphatic carbocycles. The minimum atomic E-state index is -0.0947. The highest BCUT2D eigenvalue weighted by Gasteiger charge is 2.09. The third-order valence-corrected chi connectivity index (χ3v) is 2.65. The largest absolute Gasteiger partial charge is 0.397 e. The van der Waals surface area contributed by atoms with Gasteiger partial charge in [-0.2, -0.15) is 0 Å². The molecule has 0 saturated heterocycles. The Morgan fingerprint density at radius 3 is 2.78 bits per heavy atom. The van der Waals surface area contributed by atoms with E-state index in [9.17, 15) is 4.79 Å². The molecule has 0 saturated carbocycles. The van der Waals surface area contributed by atoms with Crippen LogP contribution < -0.4 is 11.1 Å². The van der Waals surface area contributed by atoms with Crippen molar-refractivity contribution >= 4 is 11.6 Å². The summed E-state index contributed by atoms with van der Waals surface area (Å²) in [6, 6.07) is 1.67. The number of rotatable bonds is 8. The van der Waals surface area contributed by atoms with Crippen molar-refractivity contribution in [3.8, 4) is 0 Å². The topological polar surface area (TPSA) is 69.3 Å². The van der Waals surface area contributed by atoms with Gasteiger partial charge in [-0.1, -0.05) is 13.3 Å². The predicted octanol–water partition coefficient (Wildman–Crippen LogP) is 1.54. The van der Waals surface area contributed by atoms with Crippen LogP contribution in [-0.4, -0.2) is 30.2 Å². The van der Waals surface area contributed by atoms with E-state index in [1.165, 1.54) is 0 Å². The lowest BCUT2D eigenvalue weighted by Crippen LogP contribution is -2.26. The van der Waals surface area contributed by atoms with E-state index in [0.29, 0.717) is 24.5 Å². The van der Waals surface area contributed by atoms with Gasteiger partial charge in [-0.3, -0.25) is 4.79 Å². The summed E-state index contributed by atoms with van der Waals surface area (Å²) in [5.41, 5.74) is 6.80. The Balaban J connectivity index is 2.16. The summed E-state index contributed by atoms with van der Waals surface area (Å²) >= 11 is 0. The van der Waals surface area contributed by atoms with Gasteiger partial charge in [0.15, 0.2) is 0 Å². The van der Waals surface area contributed by atoms with Crippen LogP contribution in [0.25, 0.3) is 0 Å². The highest BCUT2D eigenvalue weighted by Crippen LogP contribution is 2.08. The molecule has 5 nitrogen and oxygen atoms in total. The summed E-state index contributed by atoms with van der Waals surface area (Å²) in [4.78, 5) is 11.8. The van der Waals surface area contributed by atoms with Crippen LogP contribution in [0.3, 0.4) is 0 Å². The van der Waals surface area contributed by atoms with Crippen LogP contribution in [-0.2, 0) is 11.8 Å². The zero-order chi connectivity index (χ0) is 13.4. The van der Waals surface area contributed by atoms with Gasteiger partial charge in [-0.05, 0) is 18.9 Å². The number of carbonyl (C=O) groups excluding carboxylic acids is 1. The molecule has 18 heavy (non-hydrogen) atoms. The molecule has 1 heterocycles. The van der Waals surface area contributed by atoms with E-state index in [-0.39, 0.29) is 5.91 Å². The van der Waals surface area contributed by atoms with Crippen molar-refractivity contribution in [3.63, 3.8) is 0 Å². The first kappa shape index (κ1) is 14.6. The maximum Gasteiger partial charge on any atom is 0.267 e. The Morgan fingerprint density at radius 2 is 2.17 bits per heavy atom. The molecule has 0 aromatic carbocycles. The molecule has 102 valence electrons. The van der Waals surface area contributed by atoms with Gasteiger partial charge < -0.3 is 20.4 Å². The molecule has 0 unspecified atom stereocenters. The van der Waals surface area contributed by atoms with Crippen molar-refractivity contribution in [3.05, 3.63) is 18.0 Å².